The molecule has 1 saturated heterocycles. The van der Waals surface area contributed by atoms with E-state index in [0.29, 0.717) is 12.6 Å². The fourth-order valence-electron chi connectivity index (χ4n) is 2.72. The average molecular weight is 337 g/mol. The third-order valence-corrected chi connectivity index (χ3v) is 4.09. The lowest BCUT2D eigenvalue weighted by Crippen LogP contribution is -2.50. The van der Waals surface area contributed by atoms with Gasteiger partial charge in [0, 0.05) is 37.9 Å². The lowest BCUT2D eigenvalue weighted by atomic mass is 10.2. The van der Waals surface area contributed by atoms with Crippen LogP contribution in [-0.2, 0) is 11.4 Å². The minimum absolute atomic E-state index is 0.0591. The number of carbonyl (C=O) groups excluding carboxylic acids is 1. The van der Waals surface area contributed by atoms with E-state index in [-0.39, 0.29) is 5.91 Å². The molecule has 2 aromatic rings. The van der Waals surface area contributed by atoms with Crippen LogP contribution < -0.4 is 10.1 Å². The normalized spacial score (nSPS) is 17.6. The van der Waals surface area contributed by atoms with Gasteiger partial charge in [-0.3, -0.25) is 9.78 Å². The molecule has 5 nitrogen and oxygen atoms in total. The van der Waals surface area contributed by atoms with Crippen molar-refractivity contribution >= 4 is 12.0 Å². The predicted molar refractivity (Wildman–Crippen MR) is 98.1 cm³/mol. The Balaban J connectivity index is 1.52. The Morgan fingerprint density at radius 3 is 2.88 bits per heavy atom. The summed E-state index contributed by atoms with van der Waals surface area (Å²) in [6, 6.07) is 13.8. The van der Waals surface area contributed by atoms with Crippen LogP contribution in [0, 0.1) is 0 Å². The van der Waals surface area contributed by atoms with E-state index in [9.17, 15) is 4.79 Å². The number of rotatable bonds is 5. The van der Waals surface area contributed by atoms with Crippen LogP contribution in [0.15, 0.2) is 54.7 Å². The molecule has 0 aliphatic carbocycles. The van der Waals surface area contributed by atoms with Crippen molar-refractivity contribution in [1.29, 1.82) is 0 Å². The summed E-state index contributed by atoms with van der Waals surface area (Å²) in [5.74, 6) is 0.842. The highest BCUT2D eigenvalue weighted by Crippen LogP contribution is 2.15. The number of aromatic nitrogens is 1. The van der Waals surface area contributed by atoms with Crippen LogP contribution in [0.25, 0.3) is 6.08 Å². The van der Waals surface area contributed by atoms with Gasteiger partial charge in [-0.2, -0.15) is 0 Å². The zero-order valence-corrected chi connectivity index (χ0v) is 14.4. The summed E-state index contributed by atoms with van der Waals surface area (Å²) in [5.41, 5.74) is 1.86. The molecular weight excluding hydrogens is 314 g/mol. The quantitative estimate of drug-likeness (QED) is 0.852. The van der Waals surface area contributed by atoms with Crippen molar-refractivity contribution in [1.82, 2.24) is 15.2 Å². The van der Waals surface area contributed by atoms with Crippen LogP contribution >= 0.6 is 0 Å². The molecule has 1 aliphatic heterocycles. The number of nitrogens with zero attached hydrogens (tertiary/aromatic N) is 2. The molecule has 25 heavy (non-hydrogen) atoms. The number of pyridine rings is 1. The molecule has 1 amide bonds. The molecule has 1 atom stereocenters. The number of carbonyl (C=O) groups is 1. The average Bonchev–Trinajstić information content (AvgIpc) is 2.66. The van der Waals surface area contributed by atoms with Crippen molar-refractivity contribution in [2.24, 2.45) is 0 Å². The molecule has 130 valence electrons. The van der Waals surface area contributed by atoms with Crippen LogP contribution in [0.3, 0.4) is 0 Å². The number of hydrogen-bond acceptors (Lipinski definition) is 4. The van der Waals surface area contributed by atoms with E-state index in [0.717, 1.165) is 36.6 Å². The van der Waals surface area contributed by atoms with Crippen molar-refractivity contribution in [3.05, 3.63) is 66.0 Å². The molecule has 3 rings (SSSR count). The monoisotopic (exact) mass is 337 g/mol. The van der Waals surface area contributed by atoms with Gasteiger partial charge in [0.2, 0.25) is 5.91 Å². The van der Waals surface area contributed by atoms with Gasteiger partial charge < -0.3 is 15.0 Å². The van der Waals surface area contributed by atoms with E-state index in [1.54, 1.807) is 12.3 Å². The fourth-order valence-corrected chi connectivity index (χ4v) is 2.72. The lowest BCUT2D eigenvalue weighted by Gasteiger charge is -2.31. The van der Waals surface area contributed by atoms with Gasteiger partial charge in [-0.25, -0.2) is 0 Å². The predicted octanol–water partition coefficient (Wildman–Crippen LogP) is 2.49. The van der Waals surface area contributed by atoms with Gasteiger partial charge in [0.1, 0.15) is 12.4 Å². The Kier molecular flexibility index (Phi) is 5.80. The van der Waals surface area contributed by atoms with Crippen LogP contribution in [0.1, 0.15) is 18.2 Å². The van der Waals surface area contributed by atoms with Crippen LogP contribution in [0.4, 0.5) is 0 Å². The maximum Gasteiger partial charge on any atom is 0.246 e. The molecule has 0 radical (unpaired) electrons. The first-order chi connectivity index (χ1) is 12.2. The summed E-state index contributed by atoms with van der Waals surface area (Å²) >= 11 is 0. The second-order valence-corrected chi connectivity index (χ2v) is 6.15. The molecule has 1 fully saturated rings. The second-order valence-electron chi connectivity index (χ2n) is 6.15. The van der Waals surface area contributed by atoms with E-state index in [1.807, 2.05) is 53.4 Å². The number of amides is 1. The summed E-state index contributed by atoms with van der Waals surface area (Å²) in [5, 5.41) is 3.33. The Bertz CT molecular complexity index is 713. The molecule has 1 aromatic carbocycles. The van der Waals surface area contributed by atoms with Crippen LogP contribution in [0.2, 0.25) is 0 Å². The van der Waals surface area contributed by atoms with Gasteiger partial charge in [-0.15, -0.1) is 0 Å². The fraction of sp³-hybridized carbons (Fsp3) is 0.300. The number of piperazine rings is 1. The Morgan fingerprint density at radius 1 is 1.32 bits per heavy atom. The van der Waals surface area contributed by atoms with Crippen molar-refractivity contribution in [3.8, 4) is 5.75 Å². The minimum atomic E-state index is 0.0591. The van der Waals surface area contributed by atoms with Crippen LogP contribution in [0.5, 0.6) is 5.75 Å². The highest BCUT2D eigenvalue weighted by Gasteiger charge is 2.18. The highest BCUT2D eigenvalue weighted by molar-refractivity contribution is 5.91. The highest BCUT2D eigenvalue weighted by atomic mass is 16.5. The number of benzene rings is 1. The van der Waals surface area contributed by atoms with E-state index < -0.39 is 0 Å². The molecule has 1 aromatic heterocycles. The molecule has 5 heteroatoms. The zero-order valence-electron chi connectivity index (χ0n) is 14.4. The van der Waals surface area contributed by atoms with Gasteiger partial charge in [0.15, 0.2) is 0 Å². The van der Waals surface area contributed by atoms with Gasteiger partial charge in [0.05, 0.1) is 5.69 Å². The maximum absolute atomic E-state index is 12.2. The first-order valence-electron chi connectivity index (χ1n) is 8.54. The van der Waals surface area contributed by atoms with E-state index in [2.05, 4.69) is 17.2 Å². The maximum atomic E-state index is 12.2. The summed E-state index contributed by atoms with van der Waals surface area (Å²) < 4.78 is 5.71. The summed E-state index contributed by atoms with van der Waals surface area (Å²) in [6.45, 7) is 4.89. The van der Waals surface area contributed by atoms with E-state index in [4.69, 9.17) is 4.74 Å². The molecule has 1 N–H and O–H groups in total. The van der Waals surface area contributed by atoms with Crippen molar-refractivity contribution in [3.63, 3.8) is 0 Å². The Morgan fingerprint density at radius 2 is 2.16 bits per heavy atom. The minimum Gasteiger partial charge on any atom is -0.487 e. The van der Waals surface area contributed by atoms with Crippen LogP contribution in [-0.4, -0.2) is 41.5 Å². The van der Waals surface area contributed by atoms with Gasteiger partial charge in [-0.1, -0.05) is 18.2 Å². The van der Waals surface area contributed by atoms with Crippen molar-refractivity contribution in [2.75, 3.05) is 19.6 Å². The van der Waals surface area contributed by atoms with E-state index >= 15 is 0 Å². The Hall–Kier alpha value is -2.66. The first-order valence-corrected chi connectivity index (χ1v) is 8.54. The lowest BCUT2D eigenvalue weighted by molar-refractivity contribution is -0.127. The smallest absolute Gasteiger partial charge is 0.246 e. The number of ether oxygens (including phenoxy) is 1. The molecule has 0 bridgehead atoms. The van der Waals surface area contributed by atoms with Crippen molar-refractivity contribution < 1.29 is 9.53 Å². The summed E-state index contributed by atoms with van der Waals surface area (Å²) in [6.07, 6.45) is 5.24. The second kappa shape index (κ2) is 8.44. The topological polar surface area (TPSA) is 54.5 Å². The molecular formula is C20H23N3O2. The Labute approximate surface area is 148 Å². The third-order valence-electron chi connectivity index (χ3n) is 4.09. The SMILES string of the molecule is CC1CN(C(=O)C=Cc2ccc(OCc3ccccn3)cc2)CCN1. The first kappa shape index (κ1) is 17.2. The van der Waals surface area contributed by atoms with Gasteiger partial charge in [0.25, 0.3) is 0 Å². The van der Waals surface area contributed by atoms with Gasteiger partial charge >= 0.3 is 0 Å². The summed E-state index contributed by atoms with van der Waals surface area (Å²) in [4.78, 5) is 18.3. The summed E-state index contributed by atoms with van der Waals surface area (Å²) in [7, 11) is 0. The standard InChI is InChI=1S/C20H23N3O2/c1-16-14-23(13-12-21-16)20(24)10-7-17-5-8-19(9-6-17)25-15-18-4-2-3-11-22-18/h2-11,16,21H,12-15H2,1H3. The van der Waals surface area contributed by atoms with Gasteiger partial charge in [-0.05, 0) is 42.8 Å². The zero-order chi connectivity index (χ0) is 17.5. The molecule has 2 heterocycles. The van der Waals surface area contributed by atoms with E-state index in [1.165, 1.54) is 0 Å². The number of hydrogen-bond donors (Lipinski definition) is 1. The third kappa shape index (κ3) is 5.16. The molecule has 0 saturated carbocycles. The molecule has 0 spiro atoms. The van der Waals surface area contributed by atoms with Crippen molar-refractivity contribution in [2.45, 2.75) is 19.6 Å². The molecule has 1 aliphatic rings. The largest absolute Gasteiger partial charge is 0.487 e. The molecule has 1 unspecified atom stereocenters. The number of nitrogens with one attached hydrogen (secondary N) is 1.